The Morgan fingerprint density at radius 3 is 2.77 bits per heavy atom. The van der Waals surface area contributed by atoms with Crippen molar-refractivity contribution in [3.8, 4) is 0 Å². The number of rotatable bonds is 3. The lowest BCUT2D eigenvalue weighted by Crippen LogP contribution is -2.28. The van der Waals surface area contributed by atoms with Crippen molar-refractivity contribution < 1.29 is 9.59 Å². The number of hydrogen-bond acceptors (Lipinski definition) is 3. The first-order valence-corrected chi connectivity index (χ1v) is 3.89. The second-order valence-corrected chi connectivity index (χ2v) is 2.60. The highest BCUT2D eigenvalue weighted by Gasteiger charge is 2.05. The molecule has 0 saturated heterocycles. The van der Waals surface area contributed by atoms with Crippen LogP contribution in [0.2, 0.25) is 0 Å². The van der Waals surface area contributed by atoms with Crippen LogP contribution in [-0.2, 0) is 4.79 Å². The number of amides is 1. The molecule has 4 heteroatoms. The zero-order valence-electron chi connectivity index (χ0n) is 7.28. The fourth-order valence-electron chi connectivity index (χ4n) is 0.792. The molecule has 0 aromatic carbocycles. The lowest BCUT2D eigenvalue weighted by Gasteiger charge is -2.00. The van der Waals surface area contributed by atoms with Gasteiger partial charge in [-0.05, 0) is 19.1 Å². The van der Waals surface area contributed by atoms with Gasteiger partial charge in [-0.1, -0.05) is 6.07 Å². The number of nitrogens with one attached hydrogen (secondary N) is 1. The summed E-state index contributed by atoms with van der Waals surface area (Å²) in [5.41, 5.74) is 0.323. The number of carbonyl (C=O) groups is 2. The second-order valence-electron chi connectivity index (χ2n) is 2.60. The first kappa shape index (κ1) is 9.38. The van der Waals surface area contributed by atoms with Gasteiger partial charge in [-0.3, -0.25) is 14.6 Å². The van der Waals surface area contributed by atoms with E-state index in [2.05, 4.69) is 10.3 Å². The molecule has 0 aliphatic carbocycles. The Balaban J connectivity index is 2.54. The zero-order valence-corrected chi connectivity index (χ0v) is 7.28. The second kappa shape index (κ2) is 4.35. The third-order valence-electron chi connectivity index (χ3n) is 1.40. The van der Waals surface area contributed by atoms with E-state index in [1.807, 2.05) is 0 Å². The molecule has 4 nitrogen and oxygen atoms in total. The Bertz CT molecular complexity index is 309. The van der Waals surface area contributed by atoms with Crippen molar-refractivity contribution in [1.29, 1.82) is 0 Å². The lowest BCUT2D eigenvalue weighted by atomic mass is 10.3. The summed E-state index contributed by atoms with van der Waals surface area (Å²) >= 11 is 0. The minimum absolute atomic E-state index is 0.0510. The number of aromatic nitrogens is 1. The highest BCUT2D eigenvalue weighted by molar-refractivity contribution is 5.94. The van der Waals surface area contributed by atoms with Crippen LogP contribution in [0.5, 0.6) is 0 Å². The molecular weight excluding hydrogens is 168 g/mol. The predicted octanol–water partition coefficient (Wildman–Crippen LogP) is 0.400. The highest BCUT2D eigenvalue weighted by Crippen LogP contribution is 1.91. The maximum absolute atomic E-state index is 11.2. The van der Waals surface area contributed by atoms with Gasteiger partial charge in [0.05, 0.1) is 6.54 Å². The quantitative estimate of drug-likeness (QED) is 0.728. The van der Waals surface area contributed by atoms with Crippen LogP contribution >= 0.6 is 0 Å². The van der Waals surface area contributed by atoms with Crippen LogP contribution in [0.3, 0.4) is 0 Å². The van der Waals surface area contributed by atoms with Gasteiger partial charge >= 0.3 is 0 Å². The van der Waals surface area contributed by atoms with Crippen LogP contribution in [0.15, 0.2) is 24.4 Å². The van der Waals surface area contributed by atoms with Gasteiger partial charge in [0.15, 0.2) is 0 Å². The van der Waals surface area contributed by atoms with E-state index in [4.69, 9.17) is 0 Å². The van der Waals surface area contributed by atoms with Gasteiger partial charge in [-0.2, -0.15) is 0 Å². The molecule has 0 saturated carbocycles. The van der Waals surface area contributed by atoms with Crippen LogP contribution in [0.1, 0.15) is 17.4 Å². The lowest BCUT2D eigenvalue weighted by molar-refractivity contribution is -0.116. The van der Waals surface area contributed by atoms with E-state index >= 15 is 0 Å². The Labute approximate surface area is 76.0 Å². The molecule has 1 aromatic heterocycles. The molecule has 0 spiro atoms. The number of carbonyl (C=O) groups excluding carboxylic acids is 2. The van der Waals surface area contributed by atoms with Gasteiger partial charge in [0.1, 0.15) is 11.5 Å². The van der Waals surface area contributed by atoms with Gasteiger partial charge in [0.25, 0.3) is 5.91 Å². The maximum Gasteiger partial charge on any atom is 0.270 e. The monoisotopic (exact) mass is 178 g/mol. The summed E-state index contributed by atoms with van der Waals surface area (Å²) in [5.74, 6) is -0.403. The first-order valence-electron chi connectivity index (χ1n) is 3.89. The van der Waals surface area contributed by atoms with Gasteiger partial charge in [-0.15, -0.1) is 0 Å². The molecule has 0 aliphatic rings. The van der Waals surface area contributed by atoms with E-state index in [-0.39, 0.29) is 18.2 Å². The van der Waals surface area contributed by atoms with Gasteiger partial charge in [-0.25, -0.2) is 0 Å². The standard InChI is InChI=1S/C9H10N2O2/c1-7(12)6-11-9(13)8-4-2-3-5-10-8/h2-5H,6H2,1H3,(H,11,13). The van der Waals surface area contributed by atoms with Crippen molar-refractivity contribution in [3.63, 3.8) is 0 Å². The molecule has 1 aromatic rings. The summed E-state index contributed by atoms with van der Waals surface area (Å²) in [6.07, 6.45) is 1.53. The molecule has 0 atom stereocenters. The largest absolute Gasteiger partial charge is 0.344 e. The van der Waals surface area contributed by atoms with Crippen LogP contribution in [0.4, 0.5) is 0 Å². The molecule has 0 aliphatic heterocycles. The molecule has 1 heterocycles. The van der Waals surface area contributed by atoms with E-state index in [1.54, 1.807) is 18.2 Å². The maximum atomic E-state index is 11.2. The van der Waals surface area contributed by atoms with E-state index in [0.717, 1.165) is 0 Å². The minimum atomic E-state index is -0.323. The first-order chi connectivity index (χ1) is 6.20. The normalized spacial score (nSPS) is 9.31. The highest BCUT2D eigenvalue weighted by atomic mass is 16.2. The summed E-state index contributed by atoms with van der Waals surface area (Å²) in [4.78, 5) is 25.6. The number of pyridine rings is 1. The van der Waals surface area contributed by atoms with Crippen molar-refractivity contribution in [2.24, 2.45) is 0 Å². The zero-order chi connectivity index (χ0) is 9.68. The summed E-state index contributed by atoms with van der Waals surface area (Å²) in [6, 6.07) is 5.03. The summed E-state index contributed by atoms with van der Waals surface area (Å²) in [6.45, 7) is 1.47. The van der Waals surface area contributed by atoms with E-state index in [0.29, 0.717) is 5.69 Å². The minimum Gasteiger partial charge on any atom is -0.344 e. The molecule has 0 radical (unpaired) electrons. The SMILES string of the molecule is CC(=O)CNC(=O)c1ccccn1. The van der Waals surface area contributed by atoms with Gasteiger partial charge < -0.3 is 5.32 Å². The van der Waals surface area contributed by atoms with Gasteiger partial charge in [0.2, 0.25) is 0 Å². The Hall–Kier alpha value is -1.71. The summed E-state index contributed by atoms with van der Waals surface area (Å²) < 4.78 is 0. The Morgan fingerprint density at radius 1 is 1.46 bits per heavy atom. The van der Waals surface area contributed by atoms with E-state index in [1.165, 1.54) is 13.1 Å². The van der Waals surface area contributed by atoms with E-state index in [9.17, 15) is 9.59 Å². The molecule has 1 rings (SSSR count). The molecular formula is C9H10N2O2. The number of ketones is 1. The third kappa shape index (κ3) is 3.02. The van der Waals surface area contributed by atoms with Crippen LogP contribution in [-0.4, -0.2) is 23.2 Å². The third-order valence-corrected chi connectivity index (χ3v) is 1.40. The summed E-state index contributed by atoms with van der Waals surface area (Å²) in [5, 5.41) is 2.45. The van der Waals surface area contributed by atoms with E-state index < -0.39 is 0 Å². The van der Waals surface area contributed by atoms with Crippen LogP contribution < -0.4 is 5.32 Å². The smallest absolute Gasteiger partial charge is 0.270 e. The molecule has 1 amide bonds. The Kier molecular flexibility index (Phi) is 3.14. The molecule has 1 N–H and O–H groups in total. The van der Waals surface area contributed by atoms with Crippen molar-refractivity contribution in [2.45, 2.75) is 6.92 Å². The van der Waals surface area contributed by atoms with Crippen LogP contribution in [0, 0.1) is 0 Å². The molecule has 0 fully saturated rings. The van der Waals surface area contributed by atoms with Gasteiger partial charge in [0, 0.05) is 6.20 Å². The van der Waals surface area contributed by atoms with Crippen molar-refractivity contribution in [2.75, 3.05) is 6.54 Å². The number of hydrogen-bond donors (Lipinski definition) is 1. The topological polar surface area (TPSA) is 59.1 Å². The van der Waals surface area contributed by atoms with Crippen molar-refractivity contribution >= 4 is 11.7 Å². The predicted molar refractivity (Wildman–Crippen MR) is 47.3 cm³/mol. The number of Topliss-reactive ketones (excluding diaryl/α,β-unsaturated/α-hetero) is 1. The number of nitrogens with zero attached hydrogens (tertiary/aromatic N) is 1. The molecule has 0 bridgehead atoms. The molecule has 68 valence electrons. The average Bonchev–Trinajstić information content (AvgIpc) is 2.15. The molecule has 13 heavy (non-hydrogen) atoms. The summed E-state index contributed by atoms with van der Waals surface area (Å²) in [7, 11) is 0. The Morgan fingerprint density at radius 2 is 2.23 bits per heavy atom. The van der Waals surface area contributed by atoms with Crippen molar-refractivity contribution in [3.05, 3.63) is 30.1 Å². The average molecular weight is 178 g/mol. The fraction of sp³-hybridized carbons (Fsp3) is 0.222. The van der Waals surface area contributed by atoms with Crippen LogP contribution in [0.25, 0.3) is 0 Å². The van der Waals surface area contributed by atoms with Crippen molar-refractivity contribution in [1.82, 2.24) is 10.3 Å². The molecule has 0 unspecified atom stereocenters. The fourth-order valence-corrected chi connectivity index (χ4v) is 0.792.